The maximum atomic E-state index is 12.9. The molecule has 0 aliphatic carbocycles. The van der Waals surface area contributed by atoms with Crippen LogP contribution in [0.15, 0.2) is 71.8 Å². The number of hydrogen-bond acceptors (Lipinski definition) is 7. The Morgan fingerprint density at radius 2 is 1.76 bits per heavy atom. The van der Waals surface area contributed by atoms with Crippen molar-refractivity contribution in [1.29, 1.82) is 0 Å². The number of sulfonamides is 2. The summed E-state index contributed by atoms with van der Waals surface area (Å²) in [5.41, 5.74) is 2.14. The summed E-state index contributed by atoms with van der Waals surface area (Å²) in [6, 6.07) is 17.1. The summed E-state index contributed by atoms with van der Waals surface area (Å²) >= 11 is 0. The molecule has 202 valence electrons. The quantitative estimate of drug-likeness (QED) is 0.390. The highest BCUT2D eigenvalue weighted by Crippen LogP contribution is 2.23. The molecule has 1 aliphatic rings. The van der Waals surface area contributed by atoms with Crippen LogP contribution in [-0.2, 0) is 31.3 Å². The SMILES string of the molecule is Cc1ccnc(NS(=O)(=O)c2ccc(NC(=O)[C@H]3CCCN(S(=O)(=O)CCCc4ccccc4)C3)cc2)n1. The van der Waals surface area contributed by atoms with Gasteiger partial charge in [0.05, 0.1) is 16.6 Å². The molecule has 1 aromatic heterocycles. The van der Waals surface area contributed by atoms with Gasteiger partial charge in [0.15, 0.2) is 0 Å². The van der Waals surface area contributed by atoms with Crippen LogP contribution in [0, 0.1) is 12.8 Å². The third-order valence-electron chi connectivity index (χ3n) is 6.31. The van der Waals surface area contributed by atoms with Gasteiger partial charge in [0, 0.05) is 30.7 Å². The van der Waals surface area contributed by atoms with Crippen molar-refractivity contribution < 1.29 is 21.6 Å². The maximum absolute atomic E-state index is 12.9. The summed E-state index contributed by atoms with van der Waals surface area (Å²) in [5.74, 6) is -0.778. The number of piperidine rings is 1. The van der Waals surface area contributed by atoms with Crippen molar-refractivity contribution in [2.75, 3.05) is 28.9 Å². The zero-order valence-corrected chi connectivity index (χ0v) is 22.7. The van der Waals surface area contributed by atoms with E-state index in [1.54, 1.807) is 13.0 Å². The van der Waals surface area contributed by atoms with Gasteiger partial charge in [-0.3, -0.25) is 4.79 Å². The molecule has 1 fully saturated rings. The number of aromatic nitrogens is 2. The Balaban J connectivity index is 1.32. The summed E-state index contributed by atoms with van der Waals surface area (Å²) in [7, 11) is -7.38. The molecule has 1 atom stereocenters. The molecule has 1 aliphatic heterocycles. The fraction of sp³-hybridized carbons (Fsp3) is 0.346. The fourth-order valence-corrected chi connectivity index (χ4v) is 6.81. The first-order chi connectivity index (χ1) is 18.1. The van der Waals surface area contributed by atoms with E-state index in [-0.39, 0.29) is 29.0 Å². The lowest BCUT2D eigenvalue weighted by Gasteiger charge is -2.31. The number of benzene rings is 2. The molecule has 0 saturated carbocycles. The summed E-state index contributed by atoms with van der Waals surface area (Å²) in [6.45, 7) is 2.26. The van der Waals surface area contributed by atoms with Gasteiger partial charge in [-0.05, 0) is 68.5 Å². The van der Waals surface area contributed by atoms with Crippen molar-refractivity contribution in [2.24, 2.45) is 5.92 Å². The zero-order valence-electron chi connectivity index (χ0n) is 21.1. The van der Waals surface area contributed by atoms with E-state index in [0.717, 1.165) is 5.56 Å². The molecule has 0 spiro atoms. The predicted molar refractivity (Wildman–Crippen MR) is 145 cm³/mol. The summed E-state index contributed by atoms with van der Waals surface area (Å²) in [6.07, 6.45) is 3.83. The largest absolute Gasteiger partial charge is 0.326 e. The van der Waals surface area contributed by atoms with Crippen molar-refractivity contribution >= 4 is 37.6 Å². The number of anilines is 2. The summed E-state index contributed by atoms with van der Waals surface area (Å²) in [4.78, 5) is 20.9. The molecule has 12 heteroatoms. The van der Waals surface area contributed by atoms with Crippen LogP contribution in [0.3, 0.4) is 0 Å². The monoisotopic (exact) mass is 557 g/mol. The van der Waals surface area contributed by atoms with E-state index in [1.165, 1.54) is 34.8 Å². The molecular formula is C26H31N5O5S2. The molecule has 0 bridgehead atoms. The normalized spacial score (nSPS) is 16.6. The second-order valence-electron chi connectivity index (χ2n) is 9.24. The first-order valence-electron chi connectivity index (χ1n) is 12.4. The smallest absolute Gasteiger partial charge is 0.264 e. The first-order valence-corrected chi connectivity index (χ1v) is 15.5. The van der Waals surface area contributed by atoms with Gasteiger partial charge >= 0.3 is 0 Å². The van der Waals surface area contributed by atoms with E-state index in [2.05, 4.69) is 20.0 Å². The van der Waals surface area contributed by atoms with Gasteiger partial charge in [0.2, 0.25) is 21.9 Å². The lowest BCUT2D eigenvalue weighted by atomic mass is 9.99. The van der Waals surface area contributed by atoms with Crippen molar-refractivity contribution in [3.8, 4) is 0 Å². The number of amides is 1. The van der Waals surface area contributed by atoms with Crippen LogP contribution in [-0.4, -0.2) is 55.9 Å². The summed E-state index contributed by atoms with van der Waals surface area (Å²) < 4.78 is 54.8. The summed E-state index contributed by atoms with van der Waals surface area (Å²) in [5, 5.41) is 2.78. The molecule has 1 amide bonds. The topological polar surface area (TPSA) is 138 Å². The standard InChI is InChI=1S/C26H31N5O5S2/c1-20-15-16-27-26(28-20)30-38(35,36)24-13-11-23(12-14-24)29-25(32)22-10-5-17-31(19-22)37(33,34)18-6-9-21-7-3-2-4-8-21/h2-4,7-8,11-16,22H,5-6,9-10,17-19H2,1H3,(H,29,32)(H,27,28,30)/t22-/m0/s1. The minimum absolute atomic E-state index is 0.00829. The second-order valence-corrected chi connectivity index (χ2v) is 13.0. The number of carbonyl (C=O) groups is 1. The van der Waals surface area contributed by atoms with Crippen LogP contribution >= 0.6 is 0 Å². The van der Waals surface area contributed by atoms with Gasteiger partial charge in [-0.2, -0.15) is 0 Å². The Morgan fingerprint density at radius 1 is 1.03 bits per heavy atom. The van der Waals surface area contributed by atoms with Crippen LogP contribution in [0.2, 0.25) is 0 Å². The maximum Gasteiger partial charge on any atom is 0.264 e. The Morgan fingerprint density at radius 3 is 2.47 bits per heavy atom. The predicted octanol–water partition coefficient (Wildman–Crippen LogP) is 3.20. The zero-order chi connectivity index (χ0) is 27.2. The molecule has 2 N–H and O–H groups in total. The van der Waals surface area contributed by atoms with Crippen LogP contribution in [0.4, 0.5) is 11.6 Å². The molecule has 3 aromatic rings. The molecular weight excluding hydrogens is 526 g/mol. The van der Waals surface area contributed by atoms with E-state index >= 15 is 0 Å². The molecule has 0 unspecified atom stereocenters. The Labute approximate surface area is 223 Å². The Kier molecular flexibility index (Phi) is 8.75. The fourth-order valence-electron chi connectivity index (χ4n) is 4.28. The third-order valence-corrected chi connectivity index (χ3v) is 9.58. The Hall–Kier alpha value is -3.35. The molecule has 4 rings (SSSR count). The van der Waals surface area contributed by atoms with E-state index in [0.29, 0.717) is 43.6 Å². The van der Waals surface area contributed by atoms with Gasteiger partial charge in [-0.1, -0.05) is 30.3 Å². The minimum atomic E-state index is -3.91. The van der Waals surface area contributed by atoms with E-state index in [1.807, 2.05) is 30.3 Å². The number of carbonyl (C=O) groups excluding carboxylic acids is 1. The highest BCUT2D eigenvalue weighted by atomic mass is 32.2. The van der Waals surface area contributed by atoms with Gasteiger partial charge in [-0.15, -0.1) is 0 Å². The van der Waals surface area contributed by atoms with Crippen LogP contribution in [0.5, 0.6) is 0 Å². The molecule has 2 aromatic carbocycles. The lowest BCUT2D eigenvalue weighted by Crippen LogP contribution is -2.44. The van der Waals surface area contributed by atoms with Gasteiger partial charge in [0.1, 0.15) is 0 Å². The van der Waals surface area contributed by atoms with Crippen LogP contribution < -0.4 is 10.0 Å². The highest BCUT2D eigenvalue weighted by molar-refractivity contribution is 7.92. The average Bonchev–Trinajstić information content (AvgIpc) is 2.89. The van der Waals surface area contributed by atoms with Gasteiger partial charge in [-0.25, -0.2) is 35.8 Å². The Bertz CT molecular complexity index is 1460. The van der Waals surface area contributed by atoms with Crippen molar-refractivity contribution in [3.63, 3.8) is 0 Å². The number of rotatable bonds is 10. The van der Waals surface area contributed by atoms with E-state index in [4.69, 9.17) is 0 Å². The van der Waals surface area contributed by atoms with Gasteiger partial charge < -0.3 is 5.32 Å². The van der Waals surface area contributed by atoms with Crippen molar-refractivity contribution in [1.82, 2.24) is 14.3 Å². The third kappa shape index (κ3) is 7.36. The number of hydrogen-bond donors (Lipinski definition) is 2. The van der Waals surface area contributed by atoms with Gasteiger partial charge in [0.25, 0.3) is 10.0 Å². The lowest BCUT2D eigenvalue weighted by molar-refractivity contribution is -0.120. The highest BCUT2D eigenvalue weighted by Gasteiger charge is 2.32. The minimum Gasteiger partial charge on any atom is -0.326 e. The second kappa shape index (κ2) is 12.0. The van der Waals surface area contributed by atoms with Crippen LogP contribution in [0.25, 0.3) is 0 Å². The van der Waals surface area contributed by atoms with Crippen molar-refractivity contribution in [2.45, 2.75) is 37.5 Å². The van der Waals surface area contributed by atoms with Crippen molar-refractivity contribution in [3.05, 3.63) is 78.1 Å². The molecule has 0 radical (unpaired) electrons. The molecule has 1 saturated heterocycles. The number of nitrogens with one attached hydrogen (secondary N) is 2. The first kappa shape index (κ1) is 27.7. The van der Waals surface area contributed by atoms with E-state index < -0.39 is 26.0 Å². The molecule has 10 nitrogen and oxygen atoms in total. The average molecular weight is 558 g/mol. The number of nitrogens with zero attached hydrogens (tertiary/aromatic N) is 3. The molecule has 2 heterocycles. The van der Waals surface area contributed by atoms with Crippen LogP contribution in [0.1, 0.15) is 30.5 Å². The number of aryl methyl sites for hydroxylation is 2. The molecule has 38 heavy (non-hydrogen) atoms. The van der Waals surface area contributed by atoms with E-state index in [9.17, 15) is 21.6 Å².